The predicted molar refractivity (Wildman–Crippen MR) is 127 cm³/mol. The van der Waals surface area contributed by atoms with Gasteiger partial charge in [0.2, 0.25) is 17.7 Å². The minimum absolute atomic E-state index is 0.0353. The zero-order chi connectivity index (χ0) is 25.4. The molecule has 0 saturated carbocycles. The number of benzene rings is 2. The van der Waals surface area contributed by atoms with Crippen LogP contribution in [0.25, 0.3) is 0 Å². The van der Waals surface area contributed by atoms with E-state index in [9.17, 15) is 28.4 Å². The van der Waals surface area contributed by atoms with Gasteiger partial charge in [-0.05, 0) is 30.7 Å². The van der Waals surface area contributed by atoms with Crippen molar-refractivity contribution in [2.45, 2.75) is 18.9 Å². The SMILES string of the molecule is O=C1CCC(N2C(=O)c3cccc(NCC(=O)N4CCN(c5ccccc5F)CC4)c3C2=O)C(=O)N1. The summed E-state index contributed by atoms with van der Waals surface area (Å²) in [5.74, 6) is -2.87. The molecular weight excluding hydrogens is 469 g/mol. The maximum atomic E-state index is 14.1. The number of hydrogen-bond acceptors (Lipinski definition) is 7. The fourth-order valence-corrected chi connectivity index (χ4v) is 4.85. The Balaban J connectivity index is 1.23. The number of carbonyl (C=O) groups is 5. The summed E-state index contributed by atoms with van der Waals surface area (Å²) in [7, 11) is 0. The monoisotopic (exact) mass is 493 g/mol. The van der Waals surface area contributed by atoms with Gasteiger partial charge in [-0.15, -0.1) is 0 Å². The second kappa shape index (κ2) is 9.40. The molecule has 186 valence electrons. The van der Waals surface area contributed by atoms with Crippen LogP contribution in [0.5, 0.6) is 0 Å². The van der Waals surface area contributed by atoms with Gasteiger partial charge in [0.15, 0.2) is 0 Å². The molecule has 5 amide bonds. The van der Waals surface area contributed by atoms with Gasteiger partial charge in [-0.3, -0.25) is 34.2 Å². The summed E-state index contributed by atoms with van der Waals surface area (Å²) in [5, 5.41) is 5.14. The van der Waals surface area contributed by atoms with E-state index in [4.69, 9.17) is 0 Å². The van der Waals surface area contributed by atoms with Gasteiger partial charge < -0.3 is 15.1 Å². The number of piperidine rings is 1. The van der Waals surface area contributed by atoms with Gasteiger partial charge in [-0.1, -0.05) is 18.2 Å². The summed E-state index contributed by atoms with van der Waals surface area (Å²) >= 11 is 0. The third kappa shape index (κ3) is 4.16. The number of amides is 5. The fourth-order valence-electron chi connectivity index (χ4n) is 4.85. The molecule has 3 aliphatic heterocycles. The number of piperazine rings is 1. The lowest BCUT2D eigenvalue weighted by molar-refractivity contribution is -0.136. The maximum absolute atomic E-state index is 14.1. The van der Waals surface area contributed by atoms with Crippen molar-refractivity contribution in [3.05, 3.63) is 59.4 Å². The van der Waals surface area contributed by atoms with Gasteiger partial charge in [0.05, 0.1) is 23.4 Å². The number of nitrogens with one attached hydrogen (secondary N) is 2. The van der Waals surface area contributed by atoms with Gasteiger partial charge in [-0.2, -0.15) is 0 Å². The van der Waals surface area contributed by atoms with Crippen LogP contribution >= 0.6 is 0 Å². The van der Waals surface area contributed by atoms with Crippen LogP contribution in [0.1, 0.15) is 33.6 Å². The Morgan fingerprint density at radius 1 is 0.972 bits per heavy atom. The van der Waals surface area contributed by atoms with Crippen molar-refractivity contribution < 1.29 is 28.4 Å². The highest BCUT2D eigenvalue weighted by Crippen LogP contribution is 2.32. The predicted octanol–water partition coefficient (Wildman–Crippen LogP) is 0.988. The normalized spacial score (nSPS) is 19.9. The summed E-state index contributed by atoms with van der Waals surface area (Å²) < 4.78 is 14.1. The van der Waals surface area contributed by atoms with Crippen LogP contribution in [0.2, 0.25) is 0 Å². The van der Waals surface area contributed by atoms with E-state index in [-0.39, 0.29) is 42.2 Å². The average molecular weight is 493 g/mol. The van der Waals surface area contributed by atoms with Crippen molar-refractivity contribution in [2.24, 2.45) is 0 Å². The molecule has 2 saturated heterocycles. The Morgan fingerprint density at radius 2 is 1.72 bits per heavy atom. The third-order valence-electron chi connectivity index (χ3n) is 6.72. The highest BCUT2D eigenvalue weighted by atomic mass is 19.1. The molecule has 0 spiro atoms. The molecule has 36 heavy (non-hydrogen) atoms. The molecule has 0 bridgehead atoms. The molecule has 2 aromatic carbocycles. The number of hydrogen-bond donors (Lipinski definition) is 2. The number of rotatable bonds is 5. The summed E-state index contributed by atoms with van der Waals surface area (Å²) in [6, 6.07) is 10.1. The molecule has 3 aliphatic rings. The Bertz CT molecular complexity index is 1270. The summed E-state index contributed by atoms with van der Waals surface area (Å²) in [6.07, 6.45) is 0.101. The second-order valence-electron chi connectivity index (χ2n) is 8.85. The molecule has 0 aliphatic carbocycles. The zero-order valence-corrected chi connectivity index (χ0v) is 19.3. The van der Waals surface area contributed by atoms with Crippen molar-refractivity contribution >= 4 is 40.9 Å². The first-order chi connectivity index (χ1) is 17.3. The molecule has 2 aromatic rings. The summed E-state index contributed by atoms with van der Waals surface area (Å²) in [6.45, 7) is 1.71. The largest absolute Gasteiger partial charge is 0.375 e. The Morgan fingerprint density at radius 3 is 2.44 bits per heavy atom. The number of halogens is 1. The van der Waals surface area contributed by atoms with Crippen LogP contribution in [0.15, 0.2) is 42.5 Å². The van der Waals surface area contributed by atoms with Crippen LogP contribution in [0, 0.1) is 5.82 Å². The molecule has 0 radical (unpaired) electrons. The molecule has 0 aromatic heterocycles. The van der Waals surface area contributed by atoms with Crippen LogP contribution in [0.4, 0.5) is 15.8 Å². The minimum Gasteiger partial charge on any atom is -0.375 e. The maximum Gasteiger partial charge on any atom is 0.264 e. The van der Waals surface area contributed by atoms with Crippen molar-refractivity contribution in [3.63, 3.8) is 0 Å². The highest BCUT2D eigenvalue weighted by Gasteiger charge is 2.45. The molecule has 10 nitrogen and oxygen atoms in total. The third-order valence-corrected chi connectivity index (χ3v) is 6.72. The standard InChI is InChI=1S/C25H24FN5O5/c26-16-5-1-2-7-18(16)29-10-12-30(13-11-29)21(33)14-27-17-6-3-4-15-22(17)25(36)31(24(15)35)19-8-9-20(32)28-23(19)34/h1-7,19,27H,8-14H2,(H,28,32,34). The number of carbonyl (C=O) groups excluding carboxylic acids is 5. The average Bonchev–Trinajstić information content (AvgIpc) is 3.13. The van der Waals surface area contributed by atoms with Gasteiger partial charge in [0.1, 0.15) is 11.9 Å². The van der Waals surface area contributed by atoms with E-state index in [0.29, 0.717) is 37.6 Å². The first kappa shape index (κ1) is 23.5. The molecule has 5 rings (SSSR count). The van der Waals surface area contributed by atoms with Crippen molar-refractivity contribution in [1.82, 2.24) is 15.1 Å². The molecular formula is C25H24FN5O5. The first-order valence-electron chi connectivity index (χ1n) is 11.7. The van der Waals surface area contributed by atoms with Crippen molar-refractivity contribution in [2.75, 3.05) is 42.9 Å². The zero-order valence-electron chi connectivity index (χ0n) is 19.3. The van der Waals surface area contributed by atoms with E-state index >= 15 is 0 Å². The number of anilines is 2. The lowest BCUT2D eigenvalue weighted by Gasteiger charge is -2.36. The Kier molecular flexibility index (Phi) is 6.13. The second-order valence-corrected chi connectivity index (χ2v) is 8.85. The van der Waals surface area contributed by atoms with Crippen molar-refractivity contribution in [1.29, 1.82) is 0 Å². The van der Waals surface area contributed by atoms with Gasteiger partial charge in [-0.25, -0.2) is 4.39 Å². The first-order valence-corrected chi connectivity index (χ1v) is 11.7. The van der Waals surface area contributed by atoms with Gasteiger partial charge >= 0.3 is 0 Å². The lowest BCUT2D eigenvalue weighted by atomic mass is 10.0. The van der Waals surface area contributed by atoms with Crippen LogP contribution in [-0.4, -0.2) is 78.1 Å². The number of imide groups is 2. The van der Waals surface area contributed by atoms with Crippen LogP contribution < -0.4 is 15.5 Å². The summed E-state index contributed by atoms with van der Waals surface area (Å²) in [4.78, 5) is 67.1. The number of fused-ring (bicyclic) bond motifs is 1. The van der Waals surface area contributed by atoms with E-state index in [1.54, 1.807) is 35.2 Å². The lowest BCUT2D eigenvalue weighted by Crippen LogP contribution is -2.54. The van der Waals surface area contributed by atoms with Crippen LogP contribution in [0.3, 0.4) is 0 Å². The van der Waals surface area contributed by atoms with E-state index in [0.717, 1.165) is 4.90 Å². The molecule has 11 heteroatoms. The Hall–Kier alpha value is -4.28. The molecule has 1 atom stereocenters. The van der Waals surface area contributed by atoms with Gasteiger partial charge in [0, 0.05) is 38.3 Å². The summed E-state index contributed by atoms with van der Waals surface area (Å²) in [5.41, 5.74) is 1.07. The van der Waals surface area contributed by atoms with Crippen molar-refractivity contribution in [3.8, 4) is 0 Å². The van der Waals surface area contributed by atoms with E-state index in [1.807, 2.05) is 4.90 Å². The van der Waals surface area contributed by atoms with E-state index < -0.39 is 29.7 Å². The number of para-hydroxylation sites is 1. The minimum atomic E-state index is -1.06. The molecule has 2 fully saturated rings. The highest BCUT2D eigenvalue weighted by molar-refractivity contribution is 6.25. The smallest absolute Gasteiger partial charge is 0.264 e. The molecule has 3 heterocycles. The Labute approximate surface area is 206 Å². The number of nitrogens with zero attached hydrogens (tertiary/aromatic N) is 3. The molecule has 2 N–H and O–H groups in total. The quantitative estimate of drug-likeness (QED) is 0.596. The topological polar surface area (TPSA) is 119 Å². The fraction of sp³-hybridized carbons (Fsp3) is 0.320. The van der Waals surface area contributed by atoms with Gasteiger partial charge in [0.25, 0.3) is 11.8 Å². The van der Waals surface area contributed by atoms with E-state index in [1.165, 1.54) is 12.1 Å². The van der Waals surface area contributed by atoms with E-state index in [2.05, 4.69) is 10.6 Å². The molecule has 1 unspecified atom stereocenters. The van der Waals surface area contributed by atoms with Crippen LogP contribution in [-0.2, 0) is 14.4 Å².